The van der Waals surface area contributed by atoms with E-state index in [0.717, 1.165) is 0 Å². The quantitative estimate of drug-likeness (QED) is 0.776. The van der Waals surface area contributed by atoms with Gasteiger partial charge in [0.2, 0.25) is 5.91 Å². The van der Waals surface area contributed by atoms with E-state index >= 15 is 0 Å². The van der Waals surface area contributed by atoms with E-state index in [2.05, 4.69) is 10.3 Å². The fraction of sp³-hybridized carbons (Fsp3) is 0.667. The molecule has 0 aliphatic heterocycles. The highest BCUT2D eigenvalue weighted by molar-refractivity contribution is 5.79. The predicted molar refractivity (Wildman–Crippen MR) is 57.1 cm³/mol. The van der Waals surface area contributed by atoms with Crippen LogP contribution in [-0.2, 0) is 4.79 Å². The van der Waals surface area contributed by atoms with Gasteiger partial charge < -0.3 is 10.6 Å². The SMILES string of the molecule is CCN(CC)C(=O)C(C)n1cc(N)nn1. The third kappa shape index (κ3) is 2.45. The summed E-state index contributed by atoms with van der Waals surface area (Å²) in [7, 11) is 0. The predicted octanol–water partition coefficient (Wildman–Crippen LogP) is 0.290. The average molecular weight is 211 g/mol. The third-order valence-electron chi connectivity index (χ3n) is 2.36. The number of likely N-dealkylation sites (N-methyl/N-ethyl adjacent to an activating group) is 1. The molecule has 0 saturated carbocycles. The summed E-state index contributed by atoms with van der Waals surface area (Å²) in [6.45, 7) is 7.08. The van der Waals surface area contributed by atoms with Gasteiger partial charge in [0, 0.05) is 13.1 Å². The summed E-state index contributed by atoms with van der Waals surface area (Å²) in [5, 5.41) is 7.43. The van der Waals surface area contributed by atoms with E-state index in [1.165, 1.54) is 4.68 Å². The first-order valence-electron chi connectivity index (χ1n) is 5.06. The Kier molecular flexibility index (Phi) is 3.65. The summed E-state index contributed by atoms with van der Waals surface area (Å²) < 4.78 is 1.48. The van der Waals surface area contributed by atoms with Crippen molar-refractivity contribution >= 4 is 11.7 Å². The highest BCUT2D eigenvalue weighted by Gasteiger charge is 2.20. The topological polar surface area (TPSA) is 77.0 Å². The van der Waals surface area contributed by atoms with Crippen molar-refractivity contribution in [2.24, 2.45) is 0 Å². The molecule has 0 fully saturated rings. The van der Waals surface area contributed by atoms with E-state index < -0.39 is 0 Å². The zero-order valence-corrected chi connectivity index (χ0v) is 9.34. The standard InChI is InChI=1S/C9H17N5O/c1-4-13(5-2)9(15)7(3)14-6-8(10)11-12-14/h6-7H,4-5,10H2,1-3H3. The molecule has 1 unspecified atom stereocenters. The van der Waals surface area contributed by atoms with E-state index in [1.54, 1.807) is 18.0 Å². The maximum atomic E-state index is 11.9. The molecule has 1 aromatic heterocycles. The maximum absolute atomic E-state index is 11.9. The minimum Gasteiger partial charge on any atom is -0.381 e. The van der Waals surface area contributed by atoms with Gasteiger partial charge in [-0.3, -0.25) is 4.79 Å². The molecular formula is C9H17N5O. The number of hydrogen-bond donors (Lipinski definition) is 1. The summed E-state index contributed by atoms with van der Waals surface area (Å²) >= 11 is 0. The van der Waals surface area contributed by atoms with Gasteiger partial charge >= 0.3 is 0 Å². The van der Waals surface area contributed by atoms with Crippen LogP contribution in [0.4, 0.5) is 5.82 Å². The average Bonchev–Trinajstić information content (AvgIpc) is 2.65. The van der Waals surface area contributed by atoms with Gasteiger partial charge in [0.1, 0.15) is 6.04 Å². The Balaban J connectivity index is 2.76. The van der Waals surface area contributed by atoms with Crippen molar-refractivity contribution in [3.8, 4) is 0 Å². The molecule has 0 spiro atoms. The van der Waals surface area contributed by atoms with E-state index in [1.807, 2.05) is 13.8 Å². The maximum Gasteiger partial charge on any atom is 0.247 e. The number of rotatable bonds is 4. The summed E-state index contributed by atoms with van der Waals surface area (Å²) in [6.07, 6.45) is 1.56. The second-order valence-electron chi connectivity index (χ2n) is 3.31. The van der Waals surface area contributed by atoms with Crippen LogP contribution in [0.25, 0.3) is 0 Å². The molecule has 2 N–H and O–H groups in total. The van der Waals surface area contributed by atoms with Crippen LogP contribution in [0.5, 0.6) is 0 Å². The van der Waals surface area contributed by atoms with Crippen LogP contribution in [0, 0.1) is 0 Å². The number of nitrogens with two attached hydrogens (primary N) is 1. The molecule has 1 atom stereocenters. The Morgan fingerprint density at radius 3 is 2.60 bits per heavy atom. The van der Waals surface area contributed by atoms with Crippen LogP contribution in [0.3, 0.4) is 0 Å². The molecule has 0 aromatic carbocycles. The molecule has 1 heterocycles. The Labute approximate surface area is 89.0 Å². The molecule has 6 nitrogen and oxygen atoms in total. The Bertz CT molecular complexity index is 331. The summed E-state index contributed by atoms with van der Waals surface area (Å²) in [5.74, 6) is 0.360. The van der Waals surface area contributed by atoms with E-state index in [4.69, 9.17) is 5.73 Å². The van der Waals surface area contributed by atoms with Crippen LogP contribution in [0.15, 0.2) is 6.20 Å². The van der Waals surface area contributed by atoms with E-state index in [-0.39, 0.29) is 11.9 Å². The number of amides is 1. The van der Waals surface area contributed by atoms with Gasteiger partial charge in [0.15, 0.2) is 5.82 Å². The number of nitrogens with zero attached hydrogens (tertiary/aromatic N) is 4. The fourth-order valence-corrected chi connectivity index (χ4v) is 1.39. The first-order chi connectivity index (χ1) is 7.10. The number of aromatic nitrogens is 3. The van der Waals surface area contributed by atoms with Crippen LogP contribution in [0.2, 0.25) is 0 Å². The zero-order valence-electron chi connectivity index (χ0n) is 9.34. The van der Waals surface area contributed by atoms with Crippen LogP contribution >= 0.6 is 0 Å². The van der Waals surface area contributed by atoms with Gasteiger partial charge in [-0.2, -0.15) is 0 Å². The molecule has 0 aliphatic carbocycles. The summed E-state index contributed by atoms with van der Waals surface area (Å²) in [4.78, 5) is 13.7. The molecule has 0 aliphatic rings. The van der Waals surface area contributed by atoms with Crippen LogP contribution in [-0.4, -0.2) is 38.9 Å². The Morgan fingerprint density at radius 1 is 1.60 bits per heavy atom. The zero-order chi connectivity index (χ0) is 11.4. The summed E-state index contributed by atoms with van der Waals surface area (Å²) in [5.41, 5.74) is 5.44. The summed E-state index contributed by atoms with van der Waals surface area (Å²) in [6, 6.07) is -0.352. The Morgan fingerprint density at radius 2 is 2.20 bits per heavy atom. The largest absolute Gasteiger partial charge is 0.381 e. The smallest absolute Gasteiger partial charge is 0.247 e. The highest BCUT2D eigenvalue weighted by Crippen LogP contribution is 2.09. The van der Waals surface area contributed by atoms with Crippen molar-refractivity contribution < 1.29 is 4.79 Å². The second-order valence-corrected chi connectivity index (χ2v) is 3.31. The highest BCUT2D eigenvalue weighted by atomic mass is 16.2. The van der Waals surface area contributed by atoms with Crippen molar-refractivity contribution in [2.75, 3.05) is 18.8 Å². The number of hydrogen-bond acceptors (Lipinski definition) is 4. The molecule has 1 aromatic rings. The molecule has 0 saturated heterocycles. The lowest BCUT2D eigenvalue weighted by atomic mass is 10.3. The lowest BCUT2D eigenvalue weighted by Gasteiger charge is -2.22. The molecule has 84 valence electrons. The molecular weight excluding hydrogens is 194 g/mol. The number of carbonyl (C=O) groups excluding carboxylic acids is 1. The second kappa shape index (κ2) is 4.77. The van der Waals surface area contributed by atoms with E-state index in [9.17, 15) is 4.79 Å². The van der Waals surface area contributed by atoms with Crippen LogP contribution < -0.4 is 5.73 Å². The minimum atomic E-state index is -0.352. The normalized spacial score (nSPS) is 12.5. The monoisotopic (exact) mass is 211 g/mol. The van der Waals surface area contributed by atoms with Crippen molar-refractivity contribution in [1.29, 1.82) is 0 Å². The van der Waals surface area contributed by atoms with Gasteiger partial charge in [-0.15, -0.1) is 5.10 Å². The van der Waals surface area contributed by atoms with Crippen molar-refractivity contribution in [3.63, 3.8) is 0 Å². The number of nitrogen functional groups attached to an aromatic ring is 1. The third-order valence-corrected chi connectivity index (χ3v) is 2.36. The first-order valence-corrected chi connectivity index (χ1v) is 5.06. The molecule has 0 radical (unpaired) electrons. The fourth-order valence-electron chi connectivity index (χ4n) is 1.39. The molecule has 6 heteroatoms. The first kappa shape index (κ1) is 11.5. The number of carbonyl (C=O) groups is 1. The van der Waals surface area contributed by atoms with Gasteiger partial charge in [-0.25, -0.2) is 4.68 Å². The minimum absolute atomic E-state index is 0.0323. The van der Waals surface area contributed by atoms with Crippen molar-refractivity contribution in [2.45, 2.75) is 26.8 Å². The molecule has 1 amide bonds. The Hall–Kier alpha value is -1.59. The molecule has 1 rings (SSSR count). The number of anilines is 1. The van der Waals surface area contributed by atoms with Gasteiger partial charge in [0.05, 0.1) is 6.20 Å². The van der Waals surface area contributed by atoms with Crippen molar-refractivity contribution in [1.82, 2.24) is 19.9 Å². The van der Waals surface area contributed by atoms with Crippen LogP contribution in [0.1, 0.15) is 26.8 Å². The molecule has 0 bridgehead atoms. The molecule has 15 heavy (non-hydrogen) atoms. The lowest BCUT2D eigenvalue weighted by molar-refractivity contribution is -0.134. The van der Waals surface area contributed by atoms with Gasteiger partial charge in [-0.05, 0) is 20.8 Å². The lowest BCUT2D eigenvalue weighted by Crippen LogP contribution is -2.36. The van der Waals surface area contributed by atoms with E-state index in [0.29, 0.717) is 18.9 Å². The van der Waals surface area contributed by atoms with Gasteiger partial charge in [0.25, 0.3) is 0 Å². The van der Waals surface area contributed by atoms with Crippen molar-refractivity contribution in [3.05, 3.63) is 6.20 Å². The van der Waals surface area contributed by atoms with Gasteiger partial charge in [-0.1, -0.05) is 5.21 Å².